The van der Waals surface area contributed by atoms with Crippen molar-refractivity contribution in [2.45, 2.75) is 71.4 Å². The molecule has 2 heteroatoms. The van der Waals surface area contributed by atoms with E-state index in [1.165, 1.54) is 37.7 Å². The molecule has 0 amide bonds. The number of hydrogen-bond acceptors (Lipinski definition) is 2. The topological polar surface area (TPSA) is 21.3 Å². The lowest BCUT2D eigenvalue weighted by atomic mass is 9.81. The standard InChI is InChI=1S/C16H29NO/c1-6-13(4)18-14(5)17-16(12(2)3)15-10-8-7-9-11-15/h13,15-17H,2,5-11H2,1,3-4H3. The normalized spacial score (nSPS) is 19.9. The Labute approximate surface area is 112 Å². The van der Waals surface area contributed by atoms with Gasteiger partial charge in [-0.3, -0.25) is 0 Å². The van der Waals surface area contributed by atoms with Gasteiger partial charge in [-0.15, -0.1) is 0 Å². The summed E-state index contributed by atoms with van der Waals surface area (Å²) in [6.45, 7) is 14.4. The Kier molecular flexibility index (Phi) is 6.31. The minimum Gasteiger partial charge on any atom is -0.477 e. The molecule has 18 heavy (non-hydrogen) atoms. The van der Waals surface area contributed by atoms with Crippen LogP contribution < -0.4 is 5.32 Å². The van der Waals surface area contributed by atoms with Gasteiger partial charge in [0.25, 0.3) is 0 Å². The highest BCUT2D eigenvalue weighted by atomic mass is 16.5. The van der Waals surface area contributed by atoms with Crippen LogP contribution in [-0.2, 0) is 4.74 Å². The van der Waals surface area contributed by atoms with Crippen molar-refractivity contribution in [3.63, 3.8) is 0 Å². The smallest absolute Gasteiger partial charge is 0.179 e. The second kappa shape index (κ2) is 7.50. The van der Waals surface area contributed by atoms with Crippen LogP contribution in [0.1, 0.15) is 59.3 Å². The van der Waals surface area contributed by atoms with Crippen molar-refractivity contribution in [2.24, 2.45) is 5.92 Å². The maximum absolute atomic E-state index is 5.72. The molecular formula is C16H29NO. The van der Waals surface area contributed by atoms with Crippen molar-refractivity contribution in [3.05, 3.63) is 24.6 Å². The van der Waals surface area contributed by atoms with Crippen LogP contribution in [-0.4, -0.2) is 12.1 Å². The molecule has 1 aliphatic rings. The predicted molar refractivity (Wildman–Crippen MR) is 78.3 cm³/mol. The first-order valence-electron chi connectivity index (χ1n) is 7.32. The highest BCUT2D eigenvalue weighted by Gasteiger charge is 2.24. The number of rotatable bonds is 7. The lowest BCUT2D eigenvalue weighted by molar-refractivity contribution is 0.105. The average Bonchev–Trinajstić information content (AvgIpc) is 2.36. The number of nitrogens with one attached hydrogen (secondary N) is 1. The molecule has 0 heterocycles. The van der Waals surface area contributed by atoms with Crippen molar-refractivity contribution in [2.75, 3.05) is 0 Å². The monoisotopic (exact) mass is 251 g/mol. The van der Waals surface area contributed by atoms with Gasteiger partial charge in [0.2, 0.25) is 0 Å². The third-order valence-corrected chi connectivity index (χ3v) is 3.89. The summed E-state index contributed by atoms with van der Waals surface area (Å²) in [5.74, 6) is 1.39. The third-order valence-electron chi connectivity index (χ3n) is 3.89. The van der Waals surface area contributed by atoms with Crippen molar-refractivity contribution in [1.82, 2.24) is 5.32 Å². The zero-order valence-electron chi connectivity index (χ0n) is 12.3. The molecule has 0 aromatic rings. The maximum Gasteiger partial charge on any atom is 0.179 e. The Hall–Kier alpha value is -0.920. The van der Waals surface area contributed by atoms with Crippen LogP contribution in [0.4, 0.5) is 0 Å². The molecule has 0 spiro atoms. The van der Waals surface area contributed by atoms with Crippen LogP contribution in [0.2, 0.25) is 0 Å². The van der Waals surface area contributed by atoms with E-state index in [1.54, 1.807) is 0 Å². The quantitative estimate of drug-likeness (QED) is 0.535. The minimum atomic E-state index is 0.224. The first kappa shape index (κ1) is 15.1. The summed E-state index contributed by atoms with van der Waals surface area (Å²) in [4.78, 5) is 0. The van der Waals surface area contributed by atoms with Gasteiger partial charge < -0.3 is 10.1 Å². The summed E-state index contributed by atoms with van der Waals surface area (Å²) in [5.41, 5.74) is 1.19. The van der Waals surface area contributed by atoms with Gasteiger partial charge in [-0.05, 0) is 45.6 Å². The van der Waals surface area contributed by atoms with Crippen molar-refractivity contribution < 1.29 is 4.74 Å². The van der Waals surface area contributed by atoms with Gasteiger partial charge in [0.15, 0.2) is 5.88 Å². The van der Waals surface area contributed by atoms with E-state index in [4.69, 9.17) is 4.74 Å². The Morgan fingerprint density at radius 2 is 1.89 bits per heavy atom. The van der Waals surface area contributed by atoms with E-state index < -0.39 is 0 Å². The van der Waals surface area contributed by atoms with Crippen LogP contribution in [0.3, 0.4) is 0 Å². The lowest BCUT2D eigenvalue weighted by Gasteiger charge is -2.33. The second-order valence-electron chi connectivity index (χ2n) is 5.63. The second-order valence-corrected chi connectivity index (χ2v) is 5.63. The van der Waals surface area contributed by atoms with Crippen molar-refractivity contribution in [3.8, 4) is 0 Å². The molecular weight excluding hydrogens is 222 g/mol. The summed E-state index contributed by atoms with van der Waals surface area (Å²) in [7, 11) is 0. The van der Waals surface area contributed by atoms with Gasteiger partial charge in [0, 0.05) is 0 Å². The van der Waals surface area contributed by atoms with E-state index in [1.807, 2.05) is 0 Å². The van der Waals surface area contributed by atoms with Gasteiger partial charge in [-0.2, -0.15) is 0 Å². The van der Waals surface area contributed by atoms with Crippen molar-refractivity contribution in [1.29, 1.82) is 0 Å². The van der Waals surface area contributed by atoms with E-state index in [0.717, 1.165) is 6.42 Å². The molecule has 1 rings (SSSR count). The first-order chi connectivity index (χ1) is 8.54. The fraction of sp³-hybridized carbons (Fsp3) is 0.750. The Morgan fingerprint density at radius 3 is 2.39 bits per heavy atom. The molecule has 2 atom stereocenters. The summed E-state index contributed by atoms with van der Waals surface area (Å²) in [6, 6.07) is 0.321. The summed E-state index contributed by atoms with van der Waals surface area (Å²) >= 11 is 0. The molecule has 0 saturated heterocycles. The molecule has 0 aromatic carbocycles. The number of ether oxygens (including phenoxy) is 1. The summed E-state index contributed by atoms with van der Waals surface area (Å²) in [5, 5.41) is 3.44. The molecule has 0 aliphatic heterocycles. The van der Waals surface area contributed by atoms with E-state index >= 15 is 0 Å². The molecule has 0 radical (unpaired) electrons. The summed E-state index contributed by atoms with van der Waals surface area (Å²) < 4.78 is 5.72. The van der Waals surface area contributed by atoms with Gasteiger partial charge in [-0.25, -0.2) is 0 Å². The molecule has 104 valence electrons. The van der Waals surface area contributed by atoms with Gasteiger partial charge >= 0.3 is 0 Å². The SMILES string of the molecule is C=C(NC(C(=C)C)C1CCCCC1)OC(C)CC. The van der Waals surface area contributed by atoms with Gasteiger partial charge in [-0.1, -0.05) is 38.3 Å². The molecule has 2 nitrogen and oxygen atoms in total. The Bertz CT molecular complexity index is 279. The highest BCUT2D eigenvalue weighted by molar-refractivity contribution is 5.08. The Morgan fingerprint density at radius 1 is 1.28 bits per heavy atom. The zero-order chi connectivity index (χ0) is 13.5. The van der Waals surface area contributed by atoms with Crippen LogP contribution in [0, 0.1) is 5.92 Å². The molecule has 0 aromatic heterocycles. The largest absolute Gasteiger partial charge is 0.477 e. The Balaban J connectivity index is 2.51. The lowest BCUT2D eigenvalue weighted by Crippen LogP contribution is -2.38. The van der Waals surface area contributed by atoms with Crippen LogP contribution in [0.15, 0.2) is 24.6 Å². The molecule has 0 bridgehead atoms. The van der Waals surface area contributed by atoms with Gasteiger partial charge in [0.1, 0.15) is 0 Å². The van der Waals surface area contributed by atoms with Crippen molar-refractivity contribution >= 4 is 0 Å². The molecule has 1 N–H and O–H groups in total. The fourth-order valence-corrected chi connectivity index (χ4v) is 2.64. The average molecular weight is 251 g/mol. The van der Waals surface area contributed by atoms with E-state index in [-0.39, 0.29) is 6.10 Å². The van der Waals surface area contributed by atoms with Crippen LogP contribution in [0.25, 0.3) is 0 Å². The maximum atomic E-state index is 5.72. The van der Waals surface area contributed by atoms with Gasteiger partial charge in [0.05, 0.1) is 12.1 Å². The van der Waals surface area contributed by atoms with E-state index in [9.17, 15) is 0 Å². The molecule has 2 unspecified atom stereocenters. The molecule has 1 saturated carbocycles. The van der Waals surface area contributed by atoms with E-state index in [2.05, 4.69) is 39.2 Å². The summed E-state index contributed by atoms with van der Waals surface area (Å²) in [6.07, 6.45) is 7.87. The fourth-order valence-electron chi connectivity index (χ4n) is 2.64. The molecule has 1 fully saturated rings. The molecule has 1 aliphatic carbocycles. The number of hydrogen-bond donors (Lipinski definition) is 1. The first-order valence-corrected chi connectivity index (χ1v) is 7.32. The third kappa shape index (κ3) is 4.75. The van der Waals surface area contributed by atoms with Crippen LogP contribution in [0.5, 0.6) is 0 Å². The zero-order valence-corrected chi connectivity index (χ0v) is 12.3. The minimum absolute atomic E-state index is 0.224. The van der Waals surface area contributed by atoms with Crippen LogP contribution >= 0.6 is 0 Å². The predicted octanol–water partition coefficient (Wildman–Crippen LogP) is 4.39. The highest BCUT2D eigenvalue weighted by Crippen LogP contribution is 2.29. The van der Waals surface area contributed by atoms with E-state index in [0.29, 0.717) is 17.8 Å².